The number of methoxy groups -OCH3 is 2. The molecule has 1 aromatic rings. The van der Waals surface area contributed by atoms with Gasteiger partial charge in [-0.15, -0.1) is 0 Å². The van der Waals surface area contributed by atoms with E-state index >= 15 is 0 Å². The van der Waals surface area contributed by atoms with E-state index in [0.29, 0.717) is 5.84 Å². The molecular formula is C25H38N2O4. The number of rotatable bonds is 10. The molecule has 1 aliphatic rings. The minimum Gasteiger partial charge on any atom is -0.469 e. The first-order chi connectivity index (χ1) is 15.0. The predicted molar refractivity (Wildman–Crippen MR) is 124 cm³/mol. The molecule has 2 unspecified atom stereocenters. The molecule has 1 aliphatic carbocycles. The minimum atomic E-state index is -0.140. The van der Waals surface area contributed by atoms with Crippen molar-refractivity contribution >= 4 is 18.1 Å². The van der Waals surface area contributed by atoms with Crippen molar-refractivity contribution in [2.75, 3.05) is 27.9 Å². The third-order valence-corrected chi connectivity index (χ3v) is 5.60. The van der Waals surface area contributed by atoms with Gasteiger partial charge in [0.1, 0.15) is 12.1 Å². The fourth-order valence-corrected chi connectivity index (χ4v) is 4.08. The number of hydrogen-bond acceptors (Lipinski definition) is 5. The van der Waals surface area contributed by atoms with Gasteiger partial charge < -0.3 is 14.4 Å². The Morgan fingerprint density at radius 3 is 2.55 bits per heavy atom. The van der Waals surface area contributed by atoms with Crippen molar-refractivity contribution in [2.45, 2.75) is 58.3 Å². The number of aryl methyl sites for hydroxylation is 1. The molecule has 0 amide bonds. The van der Waals surface area contributed by atoms with Crippen molar-refractivity contribution in [1.82, 2.24) is 4.90 Å². The van der Waals surface area contributed by atoms with E-state index in [-0.39, 0.29) is 17.8 Å². The number of allylic oxidation sites excluding steroid dienone is 1. The number of nitrogens with one attached hydrogen (secondary N) is 1. The van der Waals surface area contributed by atoms with Crippen molar-refractivity contribution in [3.05, 3.63) is 47.2 Å². The maximum absolute atomic E-state index is 12.1. The van der Waals surface area contributed by atoms with Gasteiger partial charge in [-0.1, -0.05) is 38.8 Å². The Morgan fingerprint density at radius 1 is 1.26 bits per heavy atom. The summed E-state index contributed by atoms with van der Waals surface area (Å²) in [4.78, 5) is 24.7. The maximum atomic E-state index is 12.1. The summed E-state index contributed by atoms with van der Waals surface area (Å²) in [5.41, 5.74) is 3.26. The Morgan fingerprint density at radius 2 is 1.97 bits per heavy atom. The summed E-state index contributed by atoms with van der Waals surface area (Å²) in [5, 5.41) is 8.62. The van der Waals surface area contributed by atoms with E-state index in [4.69, 9.17) is 10.1 Å². The van der Waals surface area contributed by atoms with Crippen LogP contribution in [0, 0.1) is 11.3 Å². The van der Waals surface area contributed by atoms with Gasteiger partial charge in [0.05, 0.1) is 13.0 Å². The van der Waals surface area contributed by atoms with Crippen LogP contribution in [0.5, 0.6) is 0 Å². The topological polar surface area (TPSA) is 79.7 Å². The van der Waals surface area contributed by atoms with Crippen molar-refractivity contribution in [2.24, 2.45) is 5.92 Å². The van der Waals surface area contributed by atoms with Gasteiger partial charge in [-0.3, -0.25) is 15.0 Å². The molecule has 0 aliphatic heterocycles. The normalized spacial score (nSPS) is 15.6. The SMILES string of the molecule is CCCCCN(/C=C/C=O)C(=N)c1ccc2c(c1)CCC2C(CC)C(=O)OC.COC. The van der Waals surface area contributed by atoms with Gasteiger partial charge in [0.25, 0.3) is 0 Å². The second-order valence-corrected chi connectivity index (χ2v) is 7.73. The van der Waals surface area contributed by atoms with Crippen LogP contribution in [0.1, 0.15) is 68.6 Å². The molecular weight excluding hydrogens is 392 g/mol. The molecule has 0 bridgehead atoms. The largest absolute Gasteiger partial charge is 0.469 e. The predicted octanol–water partition coefficient (Wildman–Crippen LogP) is 4.71. The molecule has 6 nitrogen and oxygen atoms in total. The van der Waals surface area contributed by atoms with Gasteiger partial charge in [-0.25, -0.2) is 0 Å². The number of ether oxygens (including phenoxy) is 2. The highest BCUT2D eigenvalue weighted by Crippen LogP contribution is 2.40. The van der Waals surface area contributed by atoms with Crippen LogP contribution in [0.4, 0.5) is 0 Å². The molecule has 0 aromatic heterocycles. The van der Waals surface area contributed by atoms with Crippen LogP contribution in [-0.2, 0) is 25.5 Å². The highest BCUT2D eigenvalue weighted by atomic mass is 16.5. The van der Waals surface area contributed by atoms with E-state index in [1.165, 1.54) is 24.3 Å². The first-order valence-corrected chi connectivity index (χ1v) is 11.1. The first kappa shape index (κ1) is 26.6. The van der Waals surface area contributed by atoms with E-state index < -0.39 is 0 Å². The van der Waals surface area contributed by atoms with Gasteiger partial charge in [0, 0.05) is 32.5 Å². The molecule has 2 rings (SSSR count). The second-order valence-electron chi connectivity index (χ2n) is 7.73. The van der Waals surface area contributed by atoms with Gasteiger partial charge in [0.2, 0.25) is 0 Å². The lowest BCUT2D eigenvalue weighted by atomic mass is 9.85. The Bertz CT molecular complexity index is 745. The smallest absolute Gasteiger partial charge is 0.309 e. The standard InChI is InChI=1S/C23H32N2O3.C2H6O/c1-4-6-7-13-25(14-8-15-26)22(24)18-10-11-20-17(16-18)9-12-21(20)19(5-2)23(27)28-3;1-3-2/h8,10-11,14-16,19,21,24H,4-7,9,12-13H2,1-3H3;1-2H3/b14-8+,24-22?;. The molecule has 31 heavy (non-hydrogen) atoms. The number of esters is 1. The highest BCUT2D eigenvalue weighted by Gasteiger charge is 2.34. The Hall–Kier alpha value is -2.47. The summed E-state index contributed by atoms with van der Waals surface area (Å²) < 4.78 is 9.24. The zero-order valence-electron chi connectivity index (χ0n) is 19.6. The molecule has 6 heteroatoms. The number of carbonyl (C=O) groups is 2. The summed E-state index contributed by atoms with van der Waals surface area (Å²) in [6.07, 6.45) is 9.65. The van der Waals surface area contributed by atoms with Crippen molar-refractivity contribution in [3.63, 3.8) is 0 Å². The van der Waals surface area contributed by atoms with E-state index in [1.807, 2.05) is 17.9 Å². The third kappa shape index (κ3) is 7.62. The summed E-state index contributed by atoms with van der Waals surface area (Å²) in [6.45, 7) is 4.89. The number of benzene rings is 1. The number of hydrogen-bond donors (Lipinski definition) is 1. The number of unbranched alkanes of at least 4 members (excludes halogenated alkanes) is 2. The Labute approximate surface area is 187 Å². The summed E-state index contributed by atoms with van der Waals surface area (Å²) in [6, 6.07) is 6.10. The second kappa shape index (κ2) is 14.5. The van der Waals surface area contributed by atoms with E-state index in [9.17, 15) is 9.59 Å². The molecule has 2 atom stereocenters. The average molecular weight is 431 g/mol. The molecule has 172 valence electrons. The van der Waals surface area contributed by atoms with Crippen LogP contribution in [-0.4, -0.2) is 50.9 Å². The highest BCUT2D eigenvalue weighted by molar-refractivity contribution is 5.97. The molecule has 0 radical (unpaired) electrons. The van der Waals surface area contributed by atoms with Gasteiger partial charge in [0.15, 0.2) is 0 Å². The molecule has 0 saturated carbocycles. The van der Waals surface area contributed by atoms with E-state index in [1.54, 1.807) is 20.4 Å². The van der Waals surface area contributed by atoms with Gasteiger partial charge in [-0.05, 0) is 54.9 Å². The molecule has 0 heterocycles. The number of nitrogens with zero attached hydrogens (tertiary/aromatic N) is 1. The fraction of sp³-hybridized carbons (Fsp3) is 0.560. The lowest BCUT2D eigenvalue weighted by Gasteiger charge is -2.23. The fourth-order valence-electron chi connectivity index (χ4n) is 4.08. The van der Waals surface area contributed by atoms with Crippen LogP contribution >= 0.6 is 0 Å². The lowest BCUT2D eigenvalue weighted by molar-refractivity contribution is -0.146. The van der Waals surface area contributed by atoms with Crippen molar-refractivity contribution in [1.29, 1.82) is 5.41 Å². The van der Waals surface area contributed by atoms with Crippen LogP contribution in [0.15, 0.2) is 30.5 Å². The van der Waals surface area contributed by atoms with Crippen LogP contribution in [0.2, 0.25) is 0 Å². The summed E-state index contributed by atoms with van der Waals surface area (Å²) >= 11 is 0. The molecule has 1 aromatic carbocycles. The average Bonchev–Trinajstić information content (AvgIpc) is 3.19. The third-order valence-electron chi connectivity index (χ3n) is 5.60. The quantitative estimate of drug-likeness (QED) is 0.145. The lowest BCUT2D eigenvalue weighted by Crippen LogP contribution is -2.27. The molecule has 0 fully saturated rings. The number of aldehydes is 1. The Balaban J connectivity index is 0.00000151. The minimum absolute atomic E-state index is 0.113. The van der Waals surface area contributed by atoms with Gasteiger partial charge in [-0.2, -0.15) is 0 Å². The van der Waals surface area contributed by atoms with E-state index in [0.717, 1.165) is 56.9 Å². The maximum Gasteiger partial charge on any atom is 0.309 e. The van der Waals surface area contributed by atoms with Crippen molar-refractivity contribution in [3.8, 4) is 0 Å². The van der Waals surface area contributed by atoms with Crippen LogP contribution < -0.4 is 0 Å². The zero-order valence-corrected chi connectivity index (χ0v) is 19.6. The van der Waals surface area contributed by atoms with Crippen LogP contribution in [0.25, 0.3) is 0 Å². The number of amidine groups is 1. The zero-order chi connectivity index (χ0) is 23.2. The summed E-state index contributed by atoms with van der Waals surface area (Å²) in [7, 11) is 4.70. The van der Waals surface area contributed by atoms with Gasteiger partial charge >= 0.3 is 5.97 Å². The first-order valence-electron chi connectivity index (χ1n) is 11.1. The molecule has 0 saturated heterocycles. The number of fused-ring (bicyclic) bond motifs is 1. The van der Waals surface area contributed by atoms with Crippen LogP contribution in [0.3, 0.4) is 0 Å². The number of carbonyl (C=O) groups excluding carboxylic acids is 2. The molecule has 1 N–H and O–H groups in total. The molecule has 0 spiro atoms. The summed E-state index contributed by atoms with van der Waals surface area (Å²) in [5.74, 6) is 0.336. The Kier molecular flexibility index (Phi) is 12.4. The van der Waals surface area contributed by atoms with Crippen molar-refractivity contribution < 1.29 is 19.1 Å². The van der Waals surface area contributed by atoms with E-state index in [2.05, 4.69) is 23.8 Å². The monoisotopic (exact) mass is 430 g/mol.